The first-order valence-electron chi connectivity index (χ1n) is 8.32. The van der Waals surface area contributed by atoms with Crippen molar-refractivity contribution < 1.29 is 14.3 Å². The van der Waals surface area contributed by atoms with E-state index in [4.69, 9.17) is 9.47 Å². The number of benzene rings is 1. The summed E-state index contributed by atoms with van der Waals surface area (Å²) in [6, 6.07) is 5.98. The van der Waals surface area contributed by atoms with Crippen LogP contribution in [-0.4, -0.2) is 63.2 Å². The Bertz CT molecular complexity index is 605. The zero-order valence-electron chi connectivity index (χ0n) is 15.3. The molecule has 0 bridgehead atoms. The Hall–Kier alpha value is -2.01. The first-order chi connectivity index (χ1) is 11.5. The van der Waals surface area contributed by atoms with Gasteiger partial charge in [0, 0.05) is 18.7 Å². The molecule has 1 aliphatic rings. The van der Waals surface area contributed by atoms with Crippen LogP contribution in [-0.2, 0) is 4.79 Å². The van der Waals surface area contributed by atoms with Crippen molar-refractivity contribution in [2.75, 3.05) is 41.4 Å². The van der Waals surface area contributed by atoms with Crippen molar-refractivity contribution in [2.45, 2.75) is 25.8 Å². The van der Waals surface area contributed by atoms with Gasteiger partial charge in [0.25, 0.3) is 0 Å². The molecule has 1 aliphatic heterocycles. The predicted octanol–water partition coefficient (Wildman–Crippen LogP) is 2.66. The third-order valence-electron chi connectivity index (χ3n) is 4.68. The van der Waals surface area contributed by atoms with Gasteiger partial charge in [0.2, 0.25) is 5.91 Å². The summed E-state index contributed by atoms with van der Waals surface area (Å²) in [5.74, 6) is 1.43. The molecule has 0 atom stereocenters. The Morgan fingerprint density at radius 2 is 1.83 bits per heavy atom. The summed E-state index contributed by atoms with van der Waals surface area (Å²) in [5.41, 5.74) is 1.65. The number of amides is 1. The van der Waals surface area contributed by atoms with E-state index in [2.05, 4.69) is 11.9 Å². The van der Waals surface area contributed by atoms with Crippen molar-refractivity contribution in [3.63, 3.8) is 0 Å². The molecule has 0 N–H and O–H groups in total. The molecule has 1 saturated heterocycles. The van der Waals surface area contributed by atoms with Crippen molar-refractivity contribution in [1.82, 2.24) is 9.80 Å². The molecule has 132 valence electrons. The van der Waals surface area contributed by atoms with Crippen LogP contribution in [0.3, 0.4) is 0 Å². The number of carbonyl (C=O) groups excluding carboxylic acids is 1. The molecule has 0 aromatic heterocycles. The van der Waals surface area contributed by atoms with Crippen LogP contribution in [0.15, 0.2) is 23.8 Å². The second kappa shape index (κ2) is 8.20. The van der Waals surface area contributed by atoms with Crippen molar-refractivity contribution in [2.24, 2.45) is 0 Å². The minimum absolute atomic E-state index is 0.0827. The lowest BCUT2D eigenvalue weighted by Gasteiger charge is -2.35. The monoisotopic (exact) mass is 332 g/mol. The third-order valence-corrected chi connectivity index (χ3v) is 4.68. The van der Waals surface area contributed by atoms with E-state index in [-0.39, 0.29) is 5.91 Å². The van der Waals surface area contributed by atoms with Gasteiger partial charge in [-0.05, 0) is 63.7 Å². The van der Waals surface area contributed by atoms with E-state index in [1.165, 1.54) is 0 Å². The lowest BCUT2D eigenvalue weighted by Crippen LogP contribution is -2.44. The van der Waals surface area contributed by atoms with Gasteiger partial charge in [-0.1, -0.05) is 6.07 Å². The summed E-state index contributed by atoms with van der Waals surface area (Å²) in [6.07, 6.45) is 3.96. The molecule has 1 aromatic rings. The van der Waals surface area contributed by atoms with Gasteiger partial charge in [0.1, 0.15) is 0 Å². The lowest BCUT2D eigenvalue weighted by molar-refractivity contribution is -0.128. The standard InChI is InChI=1S/C19H28N2O3/c1-14(12-15-6-7-17(23-4)18(13-15)24-5)19(22)21(3)16-8-10-20(2)11-9-16/h6-7,12-13,16H,8-11H2,1-5H3/b14-12+. The number of hydrogen-bond acceptors (Lipinski definition) is 4. The molecule has 0 saturated carbocycles. The SMILES string of the molecule is COc1ccc(/C=C(\C)C(=O)N(C)C2CCN(C)CC2)cc1OC. The first kappa shape index (κ1) is 18.3. The van der Waals surface area contributed by atoms with E-state index in [0.717, 1.165) is 37.1 Å². The molecule has 5 heteroatoms. The maximum atomic E-state index is 12.7. The molecular formula is C19H28N2O3. The van der Waals surface area contributed by atoms with Crippen LogP contribution in [0.1, 0.15) is 25.3 Å². The fourth-order valence-electron chi connectivity index (χ4n) is 3.08. The molecule has 1 heterocycles. The number of piperidine rings is 1. The summed E-state index contributed by atoms with van der Waals surface area (Å²) in [7, 11) is 7.25. The van der Waals surface area contributed by atoms with E-state index in [1.54, 1.807) is 14.2 Å². The number of carbonyl (C=O) groups is 1. The minimum Gasteiger partial charge on any atom is -0.493 e. The molecule has 5 nitrogen and oxygen atoms in total. The average molecular weight is 332 g/mol. The van der Waals surface area contributed by atoms with E-state index in [1.807, 2.05) is 43.1 Å². The lowest BCUT2D eigenvalue weighted by atomic mass is 10.0. The van der Waals surface area contributed by atoms with Gasteiger partial charge in [-0.2, -0.15) is 0 Å². The van der Waals surface area contributed by atoms with E-state index in [0.29, 0.717) is 17.5 Å². The summed E-state index contributed by atoms with van der Waals surface area (Å²) in [6.45, 7) is 3.95. The van der Waals surface area contributed by atoms with Crippen molar-refractivity contribution >= 4 is 12.0 Å². The Kier molecular flexibility index (Phi) is 6.26. The number of likely N-dealkylation sites (N-methyl/N-ethyl adjacent to an activating group) is 1. The molecule has 1 fully saturated rings. The van der Waals surface area contributed by atoms with Crippen LogP contribution in [0.5, 0.6) is 11.5 Å². The fraction of sp³-hybridized carbons (Fsp3) is 0.526. The fourth-order valence-corrected chi connectivity index (χ4v) is 3.08. The molecule has 1 amide bonds. The number of nitrogens with zero attached hydrogens (tertiary/aromatic N) is 2. The number of ether oxygens (including phenoxy) is 2. The minimum atomic E-state index is 0.0827. The van der Waals surface area contributed by atoms with Crippen LogP contribution < -0.4 is 9.47 Å². The van der Waals surface area contributed by atoms with Gasteiger partial charge in [-0.3, -0.25) is 4.79 Å². The van der Waals surface area contributed by atoms with Gasteiger partial charge in [0.05, 0.1) is 14.2 Å². The number of likely N-dealkylation sites (tertiary alicyclic amines) is 1. The van der Waals surface area contributed by atoms with Crippen LogP contribution >= 0.6 is 0 Å². The third kappa shape index (κ3) is 4.29. The molecule has 1 aromatic carbocycles. The Morgan fingerprint density at radius 3 is 2.42 bits per heavy atom. The summed E-state index contributed by atoms with van der Waals surface area (Å²) in [5, 5.41) is 0. The highest BCUT2D eigenvalue weighted by atomic mass is 16.5. The highest BCUT2D eigenvalue weighted by molar-refractivity contribution is 5.97. The zero-order chi connectivity index (χ0) is 17.7. The highest BCUT2D eigenvalue weighted by Crippen LogP contribution is 2.28. The average Bonchev–Trinajstić information content (AvgIpc) is 2.60. The van der Waals surface area contributed by atoms with Gasteiger partial charge in [-0.25, -0.2) is 0 Å². The van der Waals surface area contributed by atoms with E-state index < -0.39 is 0 Å². The van der Waals surface area contributed by atoms with Crippen LogP contribution in [0.4, 0.5) is 0 Å². The summed E-state index contributed by atoms with van der Waals surface area (Å²) >= 11 is 0. The molecule has 0 spiro atoms. The molecule has 0 unspecified atom stereocenters. The number of rotatable bonds is 5. The van der Waals surface area contributed by atoms with Gasteiger partial charge in [0.15, 0.2) is 11.5 Å². The normalized spacial score (nSPS) is 16.8. The Morgan fingerprint density at radius 1 is 1.21 bits per heavy atom. The predicted molar refractivity (Wildman–Crippen MR) is 96.5 cm³/mol. The zero-order valence-corrected chi connectivity index (χ0v) is 15.3. The second-order valence-electron chi connectivity index (χ2n) is 6.39. The quantitative estimate of drug-likeness (QED) is 0.778. The summed E-state index contributed by atoms with van der Waals surface area (Å²) in [4.78, 5) is 16.9. The van der Waals surface area contributed by atoms with Gasteiger partial charge in [-0.15, -0.1) is 0 Å². The Labute approximate surface area is 144 Å². The largest absolute Gasteiger partial charge is 0.493 e. The van der Waals surface area contributed by atoms with E-state index in [9.17, 15) is 4.79 Å². The molecular weight excluding hydrogens is 304 g/mol. The molecule has 24 heavy (non-hydrogen) atoms. The molecule has 0 radical (unpaired) electrons. The van der Waals surface area contributed by atoms with Crippen LogP contribution in [0.25, 0.3) is 6.08 Å². The molecule has 2 rings (SSSR count). The van der Waals surface area contributed by atoms with Crippen molar-refractivity contribution in [1.29, 1.82) is 0 Å². The maximum Gasteiger partial charge on any atom is 0.249 e. The van der Waals surface area contributed by atoms with Gasteiger partial charge >= 0.3 is 0 Å². The van der Waals surface area contributed by atoms with E-state index >= 15 is 0 Å². The van der Waals surface area contributed by atoms with Crippen LogP contribution in [0, 0.1) is 0 Å². The first-order valence-corrected chi connectivity index (χ1v) is 8.32. The Balaban J connectivity index is 2.10. The smallest absolute Gasteiger partial charge is 0.249 e. The summed E-state index contributed by atoms with van der Waals surface area (Å²) < 4.78 is 10.6. The number of methoxy groups -OCH3 is 2. The topological polar surface area (TPSA) is 42.0 Å². The van der Waals surface area contributed by atoms with Gasteiger partial charge < -0.3 is 19.3 Å². The second-order valence-corrected chi connectivity index (χ2v) is 6.39. The maximum absolute atomic E-state index is 12.7. The van der Waals surface area contributed by atoms with Crippen LogP contribution in [0.2, 0.25) is 0 Å². The number of hydrogen-bond donors (Lipinski definition) is 0. The molecule has 0 aliphatic carbocycles. The van der Waals surface area contributed by atoms with Crippen molar-refractivity contribution in [3.05, 3.63) is 29.3 Å². The van der Waals surface area contributed by atoms with Crippen molar-refractivity contribution in [3.8, 4) is 11.5 Å². The highest BCUT2D eigenvalue weighted by Gasteiger charge is 2.24.